The van der Waals surface area contributed by atoms with E-state index >= 15 is 0 Å². The van der Waals surface area contributed by atoms with Crippen molar-refractivity contribution in [3.63, 3.8) is 0 Å². The number of nitrogens with two attached hydrogens (primary N) is 2. The number of imidazole rings is 1. The number of aliphatic imine (C=N–C) groups is 1. The Hall–Kier alpha value is -3.29. The molecule has 5 N–H and O–H groups in total. The van der Waals surface area contributed by atoms with Crippen LogP contribution < -0.4 is 16.4 Å². The molecule has 0 atom stereocenters. The first-order chi connectivity index (χ1) is 13.9. The summed E-state index contributed by atoms with van der Waals surface area (Å²) in [6.07, 6.45) is 3.22. The highest BCUT2D eigenvalue weighted by atomic mass is 16.3. The zero-order valence-corrected chi connectivity index (χ0v) is 17.3. The summed E-state index contributed by atoms with van der Waals surface area (Å²) in [6.45, 7) is 8.51. The Morgan fingerprint density at radius 3 is 2.45 bits per heavy atom. The van der Waals surface area contributed by atoms with Gasteiger partial charge in [-0.2, -0.15) is 0 Å². The number of rotatable bonds is 8. The Labute approximate surface area is 170 Å². The van der Waals surface area contributed by atoms with Crippen LogP contribution in [0.15, 0.2) is 35.5 Å². The predicted molar refractivity (Wildman–Crippen MR) is 117 cm³/mol. The molecular weight excluding hydrogens is 366 g/mol. The predicted octanol–water partition coefficient (Wildman–Crippen LogP) is 2.46. The number of anilines is 1. The highest BCUT2D eigenvalue weighted by molar-refractivity contribution is 5.75. The van der Waals surface area contributed by atoms with Gasteiger partial charge in [-0.25, -0.2) is 9.97 Å². The maximum absolute atomic E-state index is 10.4. The molecule has 2 heterocycles. The van der Waals surface area contributed by atoms with E-state index in [0.29, 0.717) is 24.3 Å². The normalized spacial score (nSPS) is 11.0. The molecule has 3 rings (SSSR count). The number of aromatic nitrogens is 3. The van der Waals surface area contributed by atoms with Gasteiger partial charge in [-0.3, -0.25) is 9.39 Å². The largest absolute Gasteiger partial charge is 0.493 e. The molecule has 154 valence electrons. The van der Waals surface area contributed by atoms with Crippen LogP contribution in [0.3, 0.4) is 0 Å². The van der Waals surface area contributed by atoms with Gasteiger partial charge in [-0.05, 0) is 45.7 Å². The Kier molecular flexibility index (Phi) is 6.21. The summed E-state index contributed by atoms with van der Waals surface area (Å²) in [7, 11) is 0. The van der Waals surface area contributed by atoms with E-state index in [4.69, 9.17) is 16.5 Å². The van der Waals surface area contributed by atoms with Crippen LogP contribution in [0.1, 0.15) is 31.7 Å². The topological polar surface area (TPSA) is 118 Å². The lowest BCUT2D eigenvalue weighted by atomic mass is 10.1. The lowest BCUT2D eigenvalue weighted by Gasteiger charge is -2.21. The Balaban J connectivity index is 1.97. The molecule has 0 bridgehead atoms. The molecule has 0 aliphatic heterocycles. The second-order valence-corrected chi connectivity index (χ2v) is 6.92. The van der Waals surface area contributed by atoms with Crippen LogP contribution in [0.4, 0.5) is 5.69 Å². The smallest absolute Gasteiger partial charge is 0.219 e. The molecule has 0 spiro atoms. The molecular formula is C21H29N7O. The van der Waals surface area contributed by atoms with Gasteiger partial charge in [-0.1, -0.05) is 12.1 Å². The summed E-state index contributed by atoms with van der Waals surface area (Å²) in [5.74, 6) is 0.216. The van der Waals surface area contributed by atoms with Gasteiger partial charge >= 0.3 is 0 Å². The Morgan fingerprint density at radius 2 is 1.83 bits per heavy atom. The molecule has 0 aliphatic rings. The summed E-state index contributed by atoms with van der Waals surface area (Å²) in [4.78, 5) is 15.6. The molecule has 0 aliphatic carbocycles. The van der Waals surface area contributed by atoms with Crippen LogP contribution in [-0.4, -0.2) is 45.1 Å². The van der Waals surface area contributed by atoms with Gasteiger partial charge in [-0.15, -0.1) is 0 Å². The molecule has 0 radical (unpaired) electrons. The summed E-state index contributed by atoms with van der Waals surface area (Å²) >= 11 is 0. The first-order valence-corrected chi connectivity index (χ1v) is 9.92. The van der Waals surface area contributed by atoms with Gasteiger partial charge < -0.3 is 21.5 Å². The maximum atomic E-state index is 10.4. The highest BCUT2D eigenvalue weighted by Crippen LogP contribution is 2.27. The third-order valence-electron chi connectivity index (χ3n) is 4.98. The van der Waals surface area contributed by atoms with Crippen LogP contribution in [0.5, 0.6) is 5.88 Å². The van der Waals surface area contributed by atoms with Crippen molar-refractivity contribution < 1.29 is 5.11 Å². The number of guanidine groups is 1. The number of hydrogen-bond donors (Lipinski definition) is 3. The fourth-order valence-electron chi connectivity index (χ4n) is 3.40. The minimum Gasteiger partial charge on any atom is -0.493 e. The van der Waals surface area contributed by atoms with Crippen molar-refractivity contribution in [2.24, 2.45) is 16.5 Å². The number of aromatic hydroxyl groups is 1. The van der Waals surface area contributed by atoms with E-state index in [1.165, 1.54) is 5.69 Å². The van der Waals surface area contributed by atoms with Crippen molar-refractivity contribution in [2.75, 3.05) is 24.5 Å². The van der Waals surface area contributed by atoms with Crippen molar-refractivity contribution in [3.8, 4) is 17.1 Å². The first-order valence-electron chi connectivity index (χ1n) is 9.92. The van der Waals surface area contributed by atoms with Gasteiger partial charge in [0.2, 0.25) is 5.88 Å². The van der Waals surface area contributed by atoms with E-state index < -0.39 is 0 Å². The highest BCUT2D eigenvalue weighted by Gasteiger charge is 2.15. The molecule has 0 fully saturated rings. The third-order valence-corrected chi connectivity index (χ3v) is 4.98. The Morgan fingerprint density at radius 1 is 1.14 bits per heavy atom. The minimum atomic E-state index is 0.0828. The fourth-order valence-corrected chi connectivity index (χ4v) is 3.40. The zero-order valence-electron chi connectivity index (χ0n) is 17.3. The van der Waals surface area contributed by atoms with E-state index in [-0.39, 0.29) is 11.8 Å². The summed E-state index contributed by atoms with van der Waals surface area (Å²) in [6, 6.07) is 8.33. The van der Waals surface area contributed by atoms with Crippen LogP contribution in [-0.2, 0) is 6.42 Å². The average Bonchev–Trinajstić information content (AvgIpc) is 3.01. The number of nitrogens with zero attached hydrogens (tertiary/aromatic N) is 5. The van der Waals surface area contributed by atoms with E-state index in [9.17, 15) is 5.11 Å². The first kappa shape index (κ1) is 20.4. The molecule has 1 aromatic carbocycles. The van der Waals surface area contributed by atoms with E-state index in [1.807, 2.05) is 6.20 Å². The molecule has 0 unspecified atom stereocenters. The van der Waals surface area contributed by atoms with Crippen LogP contribution in [0, 0.1) is 6.92 Å². The van der Waals surface area contributed by atoms with Crippen molar-refractivity contribution in [3.05, 3.63) is 41.9 Å². The lowest BCUT2D eigenvalue weighted by Crippen LogP contribution is -2.23. The monoisotopic (exact) mass is 395 g/mol. The van der Waals surface area contributed by atoms with Gasteiger partial charge in [0, 0.05) is 37.1 Å². The maximum Gasteiger partial charge on any atom is 0.219 e. The SMILES string of the molecule is CCN(CC)c1ccc(-c2cn3c(O)c(C)nc3c(CCCN=C(N)N)n2)cc1. The molecule has 29 heavy (non-hydrogen) atoms. The molecule has 0 saturated heterocycles. The third kappa shape index (κ3) is 4.42. The molecule has 2 aromatic heterocycles. The van der Waals surface area contributed by atoms with Gasteiger partial charge in [0.25, 0.3) is 0 Å². The average molecular weight is 396 g/mol. The number of aryl methyl sites for hydroxylation is 2. The van der Waals surface area contributed by atoms with Crippen LogP contribution in [0.25, 0.3) is 16.9 Å². The molecule has 0 amide bonds. The standard InChI is InChI=1S/C21H29N7O/c1-4-27(5-2)16-10-8-15(9-11-16)18-13-28-19(25-14(3)20(28)29)17(26-18)7-6-12-24-21(22)23/h8-11,13,29H,4-7,12H2,1-3H3,(H4,22,23,24). The summed E-state index contributed by atoms with van der Waals surface area (Å²) < 4.78 is 1.70. The van der Waals surface area contributed by atoms with E-state index in [1.54, 1.807) is 11.3 Å². The second kappa shape index (κ2) is 8.81. The molecule has 8 nitrogen and oxygen atoms in total. The van der Waals surface area contributed by atoms with Crippen LogP contribution in [0.2, 0.25) is 0 Å². The zero-order chi connectivity index (χ0) is 21.0. The summed E-state index contributed by atoms with van der Waals surface area (Å²) in [5.41, 5.74) is 15.8. The number of fused-ring (bicyclic) bond motifs is 1. The van der Waals surface area contributed by atoms with Crippen molar-refractivity contribution in [1.82, 2.24) is 14.4 Å². The van der Waals surface area contributed by atoms with Gasteiger partial charge in [0.05, 0.1) is 11.4 Å². The second-order valence-electron chi connectivity index (χ2n) is 6.92. The molecule has 3 aromatic rings. The summed E-state index contributed by atoms with van der Waals surface area (Å²) in [5, 5.41) is 10.4. The van der Waals surface area contributed by atoms with Gasteiger partial charge in [0.1, 0.15) is 5.69 Å². The van der Waals surface area contributed by atoms with Crippen LogP contribution >= 0.6 is 0 Å². The van der Waals surface area contributed by atoms with Crippen molar-refractivity contribution >= 4 is 17.3 Å². The van der Waals surface area contributed by atoms with E-state index in [2.05, 4.69) is 53.0 Å². The van der Waals surface area contributed by atoms with E-state index in [0.717, 1.165) is 36.5 Å². The van der Waals surface area contributed by atoms with Crippen molar-refractivity contribution in [1.29, 1.82) is 0 Å². The minimum absolute atomic E-state index is 0.0828. The van der Waals surface area contributed by atoms with Crippen molar-refractivity contribution in [2.45, 2.75) is 33.6 Å². The Bertz CT molecular complexity index is 1000. The number of benzene rings is 1. The lowest BCUT2D eigenvalue weighted by molar-refractivity contribution is 0.444. The quantitative estimate of drug-likeness (QED) is 0.306. The number of hydrogen-bond acceptors (Lipinski definition) is 5. The molecule has 0 saturated carbocycles. The molecule has 8 heteroatoms. The fraction of sp³-hybridized carbons (Fsp3) is 0.381. The van der Waals surface area contributed by atoms with Gasteiger partial charge in [0.15, 0.2) is 11.6 Å².